The summed E-state index contributed by atoms with van der Waals surface area (Å²) >= 11 is 3.63. The summed E-state index contributed by atoms with van der Waals surface area (Å²) < 4.78 is 1.23. The number of rotatable bonds is 4. The van der Waals surface area contributed by atoms with Crippen LogP contribution in [0.5, 0.6) is 0 Å². The van der Waals surface area contributed by atoms with Gasteiger partial charge in [0, 0.05) is 17.6 Å². The molecule has 0 aromatic heterocycles. The van der Waals surface area contributed by atoms with Crippen molar-refractivity contribution in [1.82, 2.24) is 10.2 Å². The third-order valence-electron chi connectivity index (χ3n) is 3.45. The monoisotopic (exact) mass is 296 g/mol. The maximum atomic E-state index is 3.63. The fourth-order valence-corrected chi connectivity index (χ4v) is 3.03. The van der Waals surface area contributed by atoms with Crippen LogP contribution >= 0.6 is 15.9 Å². The van der Waals surface area contributed by atoms with E-state index in [0.717, 1.165) is 19.0 Å². The molecule has 1 heterocycles. The summed E-state index contributed by atoms with van der Waals surface area (Å²) in [4.78, 5) is 2.58. The standard InChI is InChI=1S/C14H21BrN2/c1-16-9-12-5-4-8-17(10-12)11-13-6-2-3-7-14(13)15/h2-3,6-7,12,16H,4-5,8-11H2,1H3. The molecule has 1 N–H and O–H groups in total. The highest BCUT2D eigenvalue weighted by Gasteiger charge is 2.19. The largest absolute Gasteiger partial charge is 0.319 e. The number of nitrogens with zero attached hydrogens (tertiary/aromatic N) is 1. The summed E-state index contributed by atoms with van der Waals surface area (Å²) in [6.45, 7) is 4.68. The molecule has 1 aliphatic rings. The Balaban J connectivity index is 1.92. The zero-order chi connectivity index (χ0) is 12.1. The Labute approximate surface area is 113 Å². The van der Waals surface area contributed by atoms with E-state index in [0.29, 0.717) is 0 Å². The average Bonchev–Trinajstić information content (AvgIpc) is 2.33. The molecule has 0 aliphatic carbocycles. The third kappa shape index (κ3) is 3.80. The maximum absolute atomic E-state index is 3.63. The van der Waals surface area contributed by atoms with Gasteiger partial charge in [-0.15, -0.1) is 0 Å². The number of benzene rings is 1. The van der Waals surface area contributed by atoms with Crippen molar-refractivity contribution in [2.24, 2.45) is 5.92 Å². The normalized spacial score (nSPS) is 21.6. The van der Waals surface area contributed by atoms with Crippen LogP contribution in [0.4, 0.5) is 0 Å². The van der Waals surface area contributed by atoms with Gasteiger partial charge >= 0.3 is 0 Å². The van der Waals surface area contributed by atoms with Crippen molar-refractivity contribution < 1.29 is 0 Å². The lowest BCUT2D eigenvalue weighted by Gasteiger charge is -2.32. The molecular formula is C14H21BrN2. The fourth-order valence-electron chi connectivity index (χ4n) is 2.62. The molecule has 2 rings (SSSR count). The second-order valence-corrected chi connectivity index (χ2v) is 5.75. The van der Waals surface area contributed by atoms with Crippen LogP contribution in [0.25, 0.3) is 0 Å². The molecular weight excluding hydrogens is 276 g/mol. The first-order valence-electron chi connectivity index (χ1n) is 6.40. The molecule has 1 saturated heterocycles. The molecule has 1 aliphatic heterocycles. The predicted octanol–water partition coefficient (Wildman–Crippen LogP) is 2.88. The lowest BCUT2D eigenvalue weighted by atomic mass is 9.97. The van der Waals surface area contributed by atoms with Gasteiger partial charge < -0.3 is 5.32 Å². The minimum absolute atomic E-state index is 0.816. The quantitative estimate of drug-likeness (QED) is 0.919. The van der Waals surface area contributed by atoms with Crippen molar-refractivity contribution in [1.29, 1.82) is 0 Å². The Hall–Kier alpha value is -0.380. The first-order chi connectivity index (χ1) is 8.29. The highest BCUT2D eigenvalue weighted by molar-refractivity contribution is 9.10. The minimum atomic E-state index is 0.816. The third-order valence-corrected chi connectivity index (χ3v) is 4.22. The summed E-state index contributed by atoms with van der Waals surface area (Å²) in [7, 11) is 2.05. The van der Waals surface area contributed by atoms with E-state index in [9.17, 15) is 0 Å². The maximum Gasteiger partial charge on any atom is 0.0245 e. The van der Waals surface area contributed by atoms with E-state index in [1.807, 2.05) is 7.05 Å². The van der Waals surface area contributed by atoms with Gasteiger partial charge in [-0.3, -0.25) is 4.90 Å². The molecule has 1 atom stereocenters. The van der Waals surface area contributed by atoms with Crippen molar-refractivity contribution in [2.75, 3.05) is 26.7 Å². The van der Waals surface area contributed by atoms with E-state index in [2.05, 4.69) is 50.4 Å². The van der Waals surface area contributed by atoms with Crippen LogP contribution in [0.1, 0.15) is 18.4 Å². The fraction of sp³-hybridized carbons (Fsp3) is 0.571. The van der Waals surface area contributed by atoms with Crippen LogP contribution in [0, 0.1) is 5.92 Å². The highest BCUT2D eigenvalue weighted by Crippen LogP contribution is 2.22. The van der Waals surface area contributed by atoms with Crippen LogP contribution in [0.2, 0.25) is 0 Å². The van der Waals surface area contributed by atoms with E-state index >= 15 is 0 Å². The van der Waals surface area contributed by atoms with Crippen molar-refractivity contribution in [2.45, 2.75) is 19.4 Å². The summed E-state index contributed by atoms with van der Waals surface area (Å²) in [6, 6.07) is 8.54. The molecule has 1 fully saturated rings. The topological polar surface area (TPSA) is 15.3 Å². The Kier molecular flexibility index (Phi) is 5.01. The molecule has 0 bridgehead atoms. The Morgan fingerprint density at radius 1 is 1.41 bits per heavy atom. The molecule has 0 spiro atoms. The van der Waals surface area contributed by atoms with Gasteiger partial charge in [-0.2, -0.15) is 0 Å². The van der Waals surface area contributed by atoms with E-state index < -0.39 is 0 Å². The zero-order valence-electron chi connectivity index (χ0n) is 10.5. The summed E-state index contributed by atoms with van der Waals surface area (Å²) in [5.41, 5.74) is 1.40. The molecule has 3 heteroatoms. The molecule has 0 amide bonds. The molecule has 17 heavy (non-hydrogen) atoms. The molecule has 0 radical (unpaired) electrons. The molecule has 0 saturated carbocycles. The van der Waals surface area contributed by atoms with Gasteiger partial charge in [0.1, 0.15) is 0 Å². The van der Waals surface area contributed by atoms with Crippen molar-refractivity contribution >= 4 is 15.9 Å². The second-order valence-electron chi connectivity index (χ2n) is 4.89. The van der Waals surface area contributed by atoms with E-state index in [1.54, 1.807) is 0 Å². The highest BCUT2D eigenvalue weighted by atomic mass is 79.9. The number of hydrogen-bond acceptors (Lipinski definition) is 2. The molecule has 94 valence electrons. The molecule has 1 aromatic carbocycles. The van der Waals surface area contributed by atoms with Crippen LogP contribution < -0.4 is 5.32 Å². The summed E-state index contributed by atoms with van der Waals surface area (Å²) in [5, 5.41) is 3.30. The Bertz CT molecular complexity index is 352. The summed E-state index contributed by atoms with van der Waals surface area (Å²) in [6.07, 6.45) is 2.70. The molecule has 1 aromatic rings. The van der Waals surface area contributed by atoms with E-state index in [-0.39, 0.29) is 0 Å². The van der Waals surface area contributed by atoms with Crippen LogP contribution in [0.3, 0.4) is 0 Å². The van der Waals surface area contributed by atoms with Gasteiger partial charge in [-0.25, -0.2) is 0 Å². The smallest absolute Gasteiger partial charge is 0.0245 e. The van der Waals surface area contributed by atoms with Gasteiger partial charge in [-0.05, 0) is 50.5 Å². The van der Waals surface area contributed by atoms with E-state index in [1.165, 1.54) is 36.0 Å². The van der Waals surface area contributed by atoms with Gasteiger partial charge in [0.15, 0.2) is 0 Å². The van der Waals surface area contributed by atoms with Crippen LogP contribution in [0.15, 0.2) is 28.7 Å². The SMILES string of the molecule is CNCC1CCCN(Cc2ccccc2Br)C1. The van der Waals surface area contributed by atoms with Crippen LogP contribution in [-0.4, -0.2) is 31.6 Å². The Morgan fingerprint density at radius 2 is 2.24 bits per heavy atom. The first kappa shape index (κ1) is 13.1. The van der Waals surface area contributed by atoms with Crippen molar-refractivity contribution in [3.63, 3.8) is 0 Å². The zero-order valence-corrected chi connectivity index (χ0v) is 12.0. The van der Waals surface area contributed by atoms with Gasteiger partial charge in [0.05, 0.1) is 0 Å². The molecule has 1 unspecified atom stereocenters. The lowest BCUT2D eigenvalue weighted by molar-refractivity contribution is 0.166. The van der Waals surface area contributed by atoms with Crippen LogP contribution in [-0.2, 0) is 6.54 Å². The number of likely N-dealkylation sites (tertiary alicyclic amines) is 1. The number of hydrogen-bond donors (Lipinski definition) is 1. The predicted molar refractivity (Wildman–Crippen MR) is 76.1 cm³/mol. The van der Waals surface area contributed by atoms with Gasteiger partial charge in [-0.1, -0.05) is 34.1 Å². The number of nitrogens with one attached hydrogen (secondary N) is 1. The molecule has 2 nitrogen and oxygen atoms in total. The van der Waals surface area contributed by atoms with Crippen molar-refractivity contribution in [3.05, 3.63) is 34.3 Å². The Morgan fingerprint density at radius 3 is 3.00 bits per heavy atom. The van der Waals surface area contributed by atoms with Crippen molar-refractivity contribution in [3.8, 4) is 0 Å². The first-order valence-corrected chi connectivity index (χ1v) is 7.19. The average molecular weight is 297 g/mol. The van der Waals surface area contributed by atoms with E-state index in [4.69, 9.17) is 0 Å². The van der Waals surface area contributed by atoms with Gasteiger partial charge in [0.2, 0.25) is 0 Å². The summed E-state index contributed by atoms with van der Waals surface area (Å²) in [5.74, 6) is 0.816. The van der Waals surface area contributed by atoms with Gasteiger partial charge in [0.25, 0.3) is 0 Å². The lowest BCUT2D eigenvalue weighted by Crippen LogP contribution is -2.38. The number of piperidine rings is 1. The number of halogens is 1. The minimum Gasteiger partial charge on any atom is -0.319 e. The second kappa shape index (κ2) is 6.53.